The quantitative estimate of drug-likeness (QED) is 0.773. The van der Waals surface area contributed by atoms with Gasteiger partial charge in [0.1, 0.15) is 0 Å². The van der Waals surface area contributed by atoms with E-state index in [9.17, 15) is 9.59 Å². The molecule has 2 saturated heterocycles. The molecule has 0 unspecified atom stereocenters. The van der Waals surface area contributed by atoms with Gasteiger partial charge in [-0.1, -0.05) is 12.1 Å². The maximum absolute atomic E-state index is 12.8. The van der Waals surface area contributed by atoms with Gasteiger partial charge in [0.05, 0.1) is 13.1 Å². The molecule has 2 aromatic rings. The lowest BCUT2D eigenvalue weighted by Gasteiger charge is -2.36. The van der Waals surface area contributed by atoms with E-state index in [0.29, 0.717) is 31.7 Å². The highest BCUT2D eigenvalue weighted by atomic mass is 16.2. The molecule has 0 radical (unpaired) electrons. The Morgan fingerprint density at radius 1 is 0.862 bits per heavy atom. The first-order valence-corrected chi connectivity index (χ1v) is 10.5. The molecule has 1 aromatic carbocycles. The van der Waals surface area contributed by atoms with Crippen LogP contribution in [0.15, 0.2) is 42.7 Å². The first kappa shape index (κ1) is 19.6. The van der Waals surface area contributed by atoms with Crippen molar-refractivity contribution in [2.45, 2.75) is 25.8 Å². The smallest absolute Gasteiger partial charge is 0.253 e. The van der Waals surface area contributed by atoms with Gasteiger partial charge in [-0.15, -0.1) is 0 Å². The molecule has 29 heavy (non-hydrogen) atoms. The lowest BCUT2D eigenvalue weighted by Crippen LogP contribution is -2.52. The third-order valence-corrected chi connectivity index (χ3v) is 5.83. The lowest BCUT2D eigenvalue weighted by molar-refractivity contribution is -0.133. The summed E-state index contributed by atoms with van der Waals surface area (Å²) in [7, 11) is 0. The fraction of sp³-hybridized carbons (Fsp3) is 0.500. The molecule has 2 aliphatic rings. The average Bonchev–Trinajstić information content (AvgIpc) is 3.28. The van der Waals surface area contributed by atoms with E-state index in [1.54, 1.807) is 6.20 Å². The molecule has 4 rings (SSSR count). The number of amides is 2. The molecule has 0 atom stereocenters. The molecular weight excluding hydrogens is 366 g/mol. The third kappa shape index (κ3) is 5.03. The molecule has 0 bridgehead atoms. The van der Waals surface area contributed by atoms with Crippen LogP contribution in [0, 0.1) is 0 Å². The van der Waals surface area contributed by atoms with Crippen LogP contribution in [0.25, 0.3) is 0 Å². The van der Waals surface area contributed by atoms with Gasteiger partial charge in [-0.05, 0) is 43.0 Å². The summed E-state index contributed by atoms with van der Waals surface area (Å²) in [6.45, 7) is 5.81. The van der Waals surface area contributed by atoms with Crippen LogP contribution in [-0.4, -0.2) is 82.1 Å². The molecule has 2 aliphatic heterocycles. The predicted octanol–water partition coefficient (Wildman–Crippen LogP) is 1.70. The van der Waals surface area contributed by atoms with Crippen LogP contribution in [-0.2, 0) is 11.3 Å². The fourth-order valence-electron chi connectivity index (χ4n) is 4.06. The first-order chi connectivity index (χ1) is 14.2. The number of nitrogens with zero attached hydrogens (tertiary/aromatic N) is 5. The highest BCUT2D eigenvalue weighted by molar-refractivity contribution is 5.94. The Morgan fingerprint density at radius 3 is 2.24 bits per heavy atom. The lowest BCUT2D eigenvalue weighted by atomic mass is 10.1. The molecule has 0 spiro atoms. The van der Waals surface area contributed by atoms with Crippen LogP contribution in [0.3, 0.4) is 0 Å². The van der Waals surface area contributed by atoms with E-state index in [0.717, 1.165) is 44.6 Å². The van der Waals surface area contributed by atoms with E-state index >= 15 is 0 Å². The highest BCUT2D eigenvalue weighted by Gasteiger charge is 2.25. The monoisotopic (exact) mass is 395 g/mol. The van der Waals surface area contributed by atoms with Crippen molar-refractivity contribution in [3.8, 4) is 0 Å². The number of hydrogen-bond acceptors (Lipinski definition) is 4. The van der Waals surface area contributed by atoms with Crippen molar-refractivity contribution in [2.24, 2.45) is 0 Å². The molecule has 7 nitrogen and oxygen atoms in total. The van der Waals surface area contributed by atoms with Crippen molar-refractivity contribution in [3.05, 3.63) is 53.9 Å². The number of carbonyl (C=O) groups is 2. The summed E-state index contributed by atoms with van der Waals surface area (Å²) in [6, 6.07) is 9.67. The fourth-order valence-corrected chi connectivity index (χ4v) is 4.06. The van der Waals surface area contributed by atoms with Gasteiger partial charge in [0.15, 0.2) is 0 Å². The van der Waals surface area contributed by atoms with E-state index < -0.39 is 0 Å². The van der Waals surface area contributed by atoms with Crippen LogP contribution < -0.4 is 0 Å². The van der Waals surface area contributed by atoms with Gasteiger partial charge in [-0.3, -0.25) is 19.2 Å². The van der Waals surface area contributed by atoms with Gasteiger partial charge < -0.3 is 9.80 Å². The molecule has 3 heterocycles. The molecule has 2 fully saturated rings. The maximum Gasteiger partial charge on any atom is 0.253 e. The van der Waals surface area contributed by atoms with Gasteiger partial charge in [0, 0.05) is 57.2 Å². The minimum absolute atomic E-state index is 0.0673. The summed E-state index contributed by atoms with van der Waals surface area (Å²) in [6.07, 6.45) is 7.16. The zero-order valence-corrected chi connectivity index (χ0v) is 16.9. The predicted molar refractivity (Wildman–Crippen MR) is 111 cm³/mol. The number of hydrogen-bond donors (Lipinski definition) is 0. The summed E-state index contributed by atoms with van der Waals surface area (Å²) in [4.78, 5) is 31.3. The zero-order valence-electron chi connectivity index (χ0n) is 16.9. The molecule has 0 saturated carbocycles. The first-order valence-electron chi connectivity index (χ1n) is 10.5. The van der Waals surface area contributed by atoms with Crippen molar-refractivity contribution < 1.29 is 9.59 Å². The molecule has 154 valence electrons. The Morgan fingerprint density at radius 2 is 1.59 bits per heavy atom. The normalized spacial score (nSPS) is 18.1. The van der Waals surface area contributed by atoms with E-state index in [2.05, 4.69) is 10.00 Å². The van der Waals surface area contributed by atoms with Crippen LogP contribution in [0.4, 0.5) is 0 Å². The van der Waals surface area contributed by atoms with Gasteiger partial charge in [0.25, 0.3) is 5.91 Å². The van der Waals surface area contributed by atoms with Gasteiger partial charge >= 0.3 is 0 Å². The van der Waals surface area contributed by atoms with Crippen molar-refractivity contribution >= 4 is 11.8 Å². The highest BCUT2D eigenvalue weighted by Crippen LogP contribution is 2.13. The summed E-state index contributed by atoms with van der Waals surface area (Å²) in [5.74, 6) is 0.301. The Bertz CT molecular complexity index is 804. The Hall–Kier alpha value is -2.67. The number of piperazine rings is 1. The summed E-state index contributed by atoms with van der Waals surface area (Å²) in [5, 5.41) is 4.21. The van der Waals surface area contributed by atoms with Crippen molar-refractivity contribution in [1.29, 1.82) is 0 Å². The van der Waals surface area contributed by atoms with Gasteiger partial charge in [-0.25, -0.2) is 0 Å². The zero-order chi connectivity index (χ0) is 20.1. The van der Waals surface area contributed by atoms with E-state index in [-0.39, 0.29) is 11.8 Å². The van der Waals surface area contributed by atoms with E-state index in [1.165, 1.54) is 6.42 Å². The average molecular weight is 396 g/mol. The third-order valence-electron chi connectivity index (χ3n) is 5.83. The van der Waals surface area contributed by atoms with Crippen LogP contribution in [0.1, 0.15) is 35.2 Å². The standard InChI is InChI=1S/C22H29N5O2/c28-21(25-10-2-1-3-11-25)18-24-13-15-26(16-14-24)22(29)20-7-5-19(6-8-20)17-27-12-4-9-23-27/h4-9,12H,1-3,10-11,13-18H2. The molecule has 7 heteroatoms. The Labute approximate surface area is 171 Å². The number of piperidine rings is 1. The number of benzene rings is 1. The van der Waals surface area contributed by atoms with Crippen LogP contribution >= 0.6 is 0 Å². The summed E-state index contributed by atoms with van der Waals surface area (Å²) in [5.41, 5.74) is 1.83. The van der Waals surface area contributed by atoms with Crippen molar-refractivity contribution in [2.75, 3.05) is 45.8 Å². The molecule has 0 aliphatic carbocycles. The topological polar surface area (TPSA) is 61.7 Å². The van der Waals surface area contributed by atoms with Crippen molar-refractivity contribution in [1.82, 2.24) is 24.5 Å². The second kappa shape index (κ2) is 9.22. The van der Waals surface area contributed by atoms with Crippen LogP contribution in [0.2, 0.25) is 0 Å². The summed E-state index contributed by atoms with van der Waals surface area (Å²) < 4.78 is 1.86. The summed E-state index contributed by atoms with van der Waals surface area (Å²) >= 11 is 0. The second-order valence-corrected chi connectivity index (χ2v) is 7.91. The number of likely N-dealkylation sites (tertiary alicyclic amines) is 1. The van der Waals surface area contributed by atoms with E-state index in [4.69, 9.17) is 0 Å². The SMILES string of the molecule is O=C(CN1CCN(C(=O)c2ccc(Cn3cccn3)cc2)CC1)N1CCCCC1. The van der Waals surface area contributed by atoms with Gasteiger partial charge in [-0.2, -0.15) is 5.10 Å². The largest absolute Gasteiger partial charge is 0.342 e. The number of carbonyl (C=O) groups excluding carboxylic acids is 2. The van der Waals surface area contributed by atoms with E-state index in [1.807, 2.05) is 51.0 Å². The number of aromatic nitrogens is 2. The minimum atomic E-state index is 0.0673. The van der Waals surface area contributed by atoms with Crippen molar-refractivity contribution in [3.63, 3.8) is 0 Å². The second-order valence-electron chi connectivity index (χ2n) is 7.91. The Balaban J connectivity index is 1.25. The molecule has 2 amide bonds. The minimum Gasteiger partial charge on any atom is -0.342 e. The maximum atomic E-state index is 12.8. The number of rotatable bonds is 5. The van der Waals surface area contributed by atoms with Crippen LogP contribution in [0.5, 0.6) is 0 Å². The molecular formula is C22H29N5O2. The Kier molecular flexibility index (Phi) is 6.24. The molecule has 1 aromatic heterocycles. The van der Waals surface area contributed by atoms with Gasteiger partial charge in [0.2, 0.25) is 5.91 Å². The molecule has 0 N–H and O–H groups in total.